The second kappa shape index (κ2) is 3.88. The molecule has 1 heterocycles. The highest BCUT2D eigenvalue weighted by atomic mass is 32.2. The lowest BCUT2D eigenvalue weighted by atomic mass is 10.7. The van der Waals surface area contributed by atoms with E-state index in [1.807, 2.05) is 6.07 Å². The smallest absolute Gasteiger partial charge is 0.224 e. The zero-order valence-corrected chi connectivity index (χ0v) is 7.30. The number of hydrogen-bond donors (Lipinski definition) is 1. The first-order chi connectivity index (χ1) is 5.72. The van der Waals surface area contributed by atoms with E-state index in [1.165, 1.54) is 11.8 Å². The predicted molar refractivity (Wildman–Crippen MR) is 45.3 cm³/mol. The summed E-state index contributed by atoms with van der Waals surface area (Å²) in [5.41, 5.74) is 5.37. The Kier molecular flexibility index (Phi) is 2.82. The van der Waals surface area contributed by atoms with Crippen molar-refractivity contribution in [1.29, 1.82) is 5.26 Å². The third-order valence-corrected chi connectivity index (χ3v) is 1.72. The lowest BCUT2D eigenvalue weighted by molar-refractivity contribution is 0.871. The molecule has 0 aliphatic carbocycles. The van der Waals surface area contributed by atoms with Crippen LogP contribution in [0.15, 0.2) is 5.16 Å². The largest absolute Gasteiger partial charge is 0.368 e. The normalized spacial score (nSPS) is 9.33. The zero-order chi connectivity index (χ0) is 8.97. The van der Waals surface area contributed by atoms with Crippen molar-refractivity contribution in [1.82, 2.24) is 15.0 Å². The zero-order valence-electron chi connectivity index (χ0n) is 6.48. The van der Waals surface area contributed by atoms with E-state index in [9.17, 15) is 0 Å². The summed E-state index contributed by atoms with van der Waals surface area (Å²) in [6.45, 7) is 1.73. The van der Waals surface area contributed by atoms with Crippen molar-refractivity contribution in [3.63, 3.8) is 0 Å². The van der Waals surface area contributed by atoms with Crippen molar-refractivity contribution in [2.45, 2.75) is 12.1 Å². The van der Waals surface area contributed by atoms with E-state index in [1.54, 1.807) is 6.92 Å². The van der Waals surface area contributed by atoms with Crippen LogP contribution in [-0.2, 0) is 0 Å². The maximum atomic E-state index is 8.29. The van der Waals surface area contributed by atoms with Gasteiger partial charge in [-0.1, -0.05) is 11.8 Å². The minimum Gasteiger partial charge on any atom is -0.368 e. The van der Waals surface area contributed by atoms with Gasteiger partial charge >= 0.3 is 0 Å². The lowest BCUT2D eigenvalue weighted by Crippen LogP contribution is -2.01. The Balaban J connectivity index is 2.80. The molecule has 0 spiro atoms. The number of rotatable bonds is 2. The van der Waals surface area contributed by atoms with Crippen molar-refractivity contribution in [3.05, 3.63) is 5.82 Å². The van der Waals surface area contributed by atoms with Crippen molar-refractivity contribution < 1.29 is 0 Å². The number of aromatic nitrogens is 3. The molecular formula is C6H7N5S. The Bertz CT molecular complexity index is 298. The maximum Gasteiger partial charge on any atom is 0.224 e. The van der Waals surface area contributed by atoms with Crippen LogP contribution in [-0.4, -0.2) is 20.7 Å². The van der Waals surface area contributed by atoms with Gasteiger partial charge in [-0.2, -0.15) is 15.2 Å². The van der Waals surface area contributed by atoms with Crippen LogP contribution in [0, 0.1) is 18.3 Å². The average Bonchev–Trinajstić information content (AvgIpc) is 1.99. The first-order valence-electron chi connectivity index (χ1n) is 3.20. The van der Waals surface area contributed by atoms with Gasteiger partial charge < -0.3 is 5.73 Å². The standard InChI is InChI=1S/C6H7N5S/c1-4-9-5(8)11-6(10-4)12-3-2-7/h3H2,1H3,(H2,8,9,10,11). The summed E-state index contributed by atoms with van der Waals surface area (Å²) in [7, 11) is 0. The van der Waals surface area contributed by atoms with Crippen LogP contribution in [0.2, 0.25) is 0 Å². The molecule has 0 saturated carbocycles. The van der Waals surface area contributed by atoms with Gasteiger partial charge in [-0.25, -0.2) is 4.98 Å². The number of nitriles is 1. The molecular weight excluding hydrogens is 174 g/mol. The summed E-state index contributed by atoms with van der Waals surface area (Å²) < 4.78 is 0. The van der Waals surface area contributed by atoms with Crippen LogP contribution in [0.5, 0.6) is 0 Å². The lowest BCUT2D eigenvalue weighted by Gasteiger charge is -1.97. The Morgan fingerprint density at radius 1 is 1.50 bits per heavy atom. The highest BCUT2D eigenvalue weighted by Gasteiger charge is 2.00. The number of hydrogen-bond acceptors (Lipinski definition) is 6. The van der Waals surface area contributed by atoms with E-state index in [4.69, 9.17) is 11.0 Å². The molecule has 0 bridgehead atoms. The molecule has 12 heavy (non-hydrogen) atoms. The molecule has 0 aromatic carbocycles. The fourth-order valence-corrected chi connectivity index (χ4v) is 1.19. The molecule has 0 amide bonds. The minimum absolute atomic E-state index is 0.197. The molecule has 0 fully saturated rings. The van der Waals surface area contributed by atoms with E-state index in [-0.39, 0.29) is 5.95 Å². The molecule has 0 atom stereocenters. The van der Waals surface area contributed by atoms with Gasteiger partial charge in [0.05, 0.1) is 11.8 Å². The van der Waals surface area contributed by atoms with Gasteiger partial charge in [0.25, 0.3) is 0 Å². The highest BCUT2D eigenvalue weighted by molar-refractivity contribution is 7.99. The number of nitrogen functional groups attached to an aromatic ring is 1. The Labute approximate surface area is 74.0 Å². The molecule has 0 radical (unpaired) electrons. The molecule has 6 heteroatoms. The second-order valence-electron chi connectivity index (χ2n) is 1.97. The summed E-state index contributed by atoms with van der Waals surface area (Å²) >= 11 is 1.25. The van der Waals surface area contributed by atoms with Crippen LogP contribution in [0.4, 0.5) is 5.95 Å². The van der Waals surface area contributed by atoms with Crippen molar-refractivity contribution in [2.75, 3.05) is 11.5 Å². The fraction of sp³-hybridized carbons (Fsp3) is 0.333. The van der Waals surface area contributed by atoms with Crippen LogP contribution in [0.1, 0.15) is 5.82 Å². The van der Waals surface area contributed by atoms with E-state index >= 15 is 0 Å². The van der Waals surface area contributed by atoms with Gasteiger partial charge in [0.15, 0.2) is 5.16 Å². The Morgan fingerprint density at radius 2 is 2.25 bits per heavy atom. The van der Waals surface area contributed by atoms with E-state index in [2.05, 4.69) is 15.0 Å². The molecule has 1 aromatic heterocycles. The van der Waals surface area contributed by atoms with E-state index < -0.39 is 0 Å². The first kappa shape index (κ1) is 8.74. The number of anilines is 1. The first-order valence-corrected chi connectivity index (χ1v) is 4.19. The average molecular weight is 181 g/mol. The summed E-state index contributed by atoms with van der Waals surface area (Å²) in [6.07, 6.45) is 0. The SMILES string of the molecule is Cc1nc(N)nc(SCC#N)n1. The Morgan fingerprint density at radius 3 is 2.83 bits per heavy atom. The number of aryl methyl sites for hydroxylation is 1. The molecule has 62 valence electrons. The number of thioether (sulfide) groups is 1. The molecule has 5 nitrogen and oxygen atoms in total. The Hall–Kier alpha value is -1.35. The van der Waals surface area contributed by atoms with Crippen LogP contribution in [0.3, 0.4) is 0 Å². The van der Waals surface area contributed by atoms with Gasteiger partial charge in [-0.05, 0) is 6.92 Å². The maximum absolute atomic E-state index is 8.29. The van der Waals surface area contributed by atoms with Gasteiger partial charge in [-0.15, -0.1) is 0 Å². The van der Waals surface area contributed by atoms with Gasteiger partial charge in [0.2, 0.25) is 5.95 Å². The summed E-state index contributed by atoms with van der Waals surface area (Å²) in [6, 6.07) is 1.98. The van der Waals surface area contributed by atoms with E-state index in [0.29, 0.717) is 16.7 Å². The van der Waals surface area contributed by atoms with Gasteiger partial charge in [-0.3, -0.25) is 0 Å². The number of nitrogens with two attached hydrogens (primary N) is 1. The molecule has 0 aliphatic rings. The van der Waals surface area contributed by atoms with Crippen molar-refractivity contribution >= 4 is 17.7 Å². The number of nitrogens with zero attached hydrogens (tertiary/aromatic N) is 4. The van der Waals surface area contributed by atoms with Gasteiger partial charge in [0.1, 0.15) is 5.82 Å². The molecule has 0 aliphatic heterocycles. The summed E-state index contributed by atoms with van der Waals surface area (Å²) in [4.78, 5) is 11.6. The highest BCUT2D eigenvalue weighted by Crippen LogP contribution is 2.11. The van der Waals surface area contributed by atoms with Crippen LogP contribution >= 0.6 is 11.8 Å². The minimum atomic E-state index is 0.197. The monoisotopic (exact) mass is 181 g/mol. The predicted octanol–water partition coefficient (Wildman–Crippen LogP) is 0.378. The van der Waals surface area contributed by atoms with Crippen LogP contribution < -0.4 is 5.73 Å². The fourth-order valence-electron chi connectivity index (χ4n) is 0.639. The van der Waals surface area contributed by atoms with Crippen LogP contribution in [0.25, 0.3) is 0 Å². The summed E-state index contributed by atoms with van der Waals surface area (Å²) in [5, 5.41) is 8.79. The third kappa shape index (κ3) is 2.36. The van der Waals surface area contributed by atoms with E-state index in [0.717, 1.165) is 0 Å². The van der Waals surface area contributed by atoms with Crippen molar-refractivity contribution in [2.24, 2.45) is 0 Å². The molecule has 2 N–H and O–H groups in total. The molecule has 1 rings (SSSR count). The second-order valence-corrected chi connectivity index (χ2v) is 2.91. The quantitative estimate of drug-likeness (QED) is 0.663. The van der Waals surface area contributed by atoms with Gasteiger partial charge in [0, 0.05) is 0 Å². The molecule has 1 aromatic rings. The topological polar surface area (TPSA) is 88.5 Å². The molecule has 0 unspecified atom stereocenters. The third-order valence-electron chi connectivity index (χ3n) is 1.01. The summed E-state index contributed by atoms with van der Waals surface area (Å²) in [5.74, 6) is 1.09. The molecule has 0 saturated heterocycles. The van der Waals surface area contributed by atoms with Crippen molar-refractivity contribution in [3.8, 4) is 6.07 Å².